The molecule has 0 spiro atoms. The Morgan fingerprint density at radius 1 is 1.47 bits per heavy atom. The summed E-state index contributed by atoms with van der Waals surface area (Å²) in [7, 11) is 2.19. The second kappa shape index (κ2) is 6.96. The highest BCUT2D eigenvalue weighted by Crippen LogP contribution is 2.16. The summed E-state index contributed by atoms with van der Waals surface area (Å²) in [6.07, 6.45) is 4.34. The molecule has 0 amide bonds. The fourth-order valence-electron chi connectivity index (χ4n) is 2.16. The minimum absolute atomic E-state index is 0.300. The predicted molar refractivity (Wildman–Crippen MR) is 63.0 cm³/mol. The Hall–Kier alpha value is -0.410. The molecular weight excluding hydrogens is 188 g/mol. The molecule has 3 heteroatoms. The summed E-state index contributed by atoms with van der Waals surface area (Å²) < 4.78 is 0. The topological polar surface area (TPSA) is 32.3 Å². The molecule has 1 aliphatic rings. The summed E-state index contributed by atoms with van der Waals surface area (Å²) in [5.74, 6) is 1.18. The highest BCUT2D eigenvalue weighted by atomic mass is 16.1. The van der Waals surface area contributed by atoms with Gasteiger partial charge >= 0.3 is 0 Å². The average molecular weight is 212 g/mol. The van der Waals surface area contributed by atoms with Crippen molar-refractivity contribution in [3.63, 3.8) is 0 Å². The van der Waals surface area contributed by atoms with Gasteiger partial charge in [-0.3, -0.25) is 0 Å². The van der Waals surface area contributed by atoms with Gasteiger partial charge in [0.05, 0.1) is 0 Å². The quantitative estimate of drug-likeness (QED) is 0.645. The number of nitrogens with one attached hydrogen (secondary N) is 1. The van der Waals surface area contributed by atoms with E-state index in [1.807, 2.05) is 0 Å². The van der Waals surface area contributed by atoms with E-state index in [1.165, 1.54) is 25.9 Å². The van der Waals surface area contributed by atoms with E-state index in [-0.39, 0.29) is 0 Å². The summed E-state index contributed by atoms with van der Waals surface area (Å²) in [4.78, 5) is 13.1. The second-order valence-corrected chi connectivity index (χ2v) is 4.76. The molecule has 1 unspecified atom stereocenters. The van der Waals surface area contributed by atoms with Crippen LogP contribution in [0.5, 0.6) is 0 Å². The number of carbonyl (C=O) groups excluding carboxylic acids is 1. The number of hydrogen-bond acceptors (Lipinski definition) is 3. The first kappa shape index (κ1) is 12.7. The van der Waals surface area contributed by atoms with Crippen LogP contribution in [0.3, 0.4) is 0 Å². The highest BCUT2D eigenvalue weighted by Gasteiger charge is 2.18. The van der Waals surface area contributed by atoms with E-state index in [9.17, 15) is 4.79 Å². The third-order valence-electron chi connectivity index (χ3n) is 3.10. The number of carbonyl (C=O) groups is 1. The van der Waals surface area contributed by atoms with Crippen molar-refractivity contribution in [2.75, 3.05) is 33.2 Å². The van der Waals surface area contributed by atoms with Gasteiger partial charge in [-0.25, -0.2) is 0 Å². The van der Waals surface area contributed by atoms with Crippen molar-refractivity contribution in [2.24, 2.45) is 5.92 Å². The Labute approximate surface area is 93.2 Å². The summed E-state index contributed by atoms with van der Waals surface area (Å²) >= 11 is 0. The van der Waals surface area contributed by atoms with Crippen LogP contribution in [0.4, 0.5) is 0 Å². The van der Waals surface area contributed by atoms with Crippen LogP contribution in [-0.4, -0.2) is 43.9 Å². The van der Waals surface area contributed by atoms with Crippen LogP contribution >= 0.6 is 0 Å². The lowest BCUT2D eigenvalue weighted by Gasteiger charge is -2.10. The lowest BCUT2D eigenvalue weighted by Crippen LogP contribution is -2.21. The molecule has 0 aromatic heterocycles. The molecule has 0 aromatic rings. The molecule has 0 bridgehead atoms. The summed E-state index contributed by atoms with van der Waals surface area (Å²) in [6.45, 7) is 6.27. The van der Waals surface area contributed by atoms with Crippen LogP contribution in [0, 0.1) is 5.92 Å². The molecular formula is C12H24N2O. The van der Waals surface area contributed by atoms with Gasteiger partial charge < -0.3 is 15.0 Å². The number of likely N-dealkylation sites (tertiary alicyclic amines) is 1. The third-order valence-corrected chi connectivity index (χ3v) is 3.10. The first-order valence-corrected chi connectivity index (χ1v) is 6.07. The van der Waals surface area contributed by atoms with Gasteiger partial charge in [0.15, 0.2) is 0 Å². The number of rotatable bonds is 7. The van der Waals surface area contributed by atoms with Gasteiger partial charge in [-0.1, -0.05) is 0 Å². The summed E-state index contributed by atoms with van der Waals surface area (Å²) in [6, 6.07) is 0. The number of hydrogen-bond donors (Lipinski definition) is 1. The van der Waals surface area contributed by atoms with Gasteiger partial charge in [-0.15, -0.1) is 0 Å². The fraction of sp³-hybridized carbons (Fsp3) is 0.917. The molecule has 0 aromatic carbocycles. The van der Waals surface area contributed by atoms with Crippen molar-refractivity contribution in [2.45, 2.75) is 32.6 Å². The summed E-state index contributed by atoms with van der Waals surface area (Å²) in [5, 5.41) is 3.41. The van der Waals surface area contributed by atoms with Crippen LogP contribution in [0.2, 0.25) is 0 Å². The van der Waals surface area contributed by atoms with Gasteiger partial charge in [0, 0.05) is 13.0 Å². The standard InChI is InChI=1S/C12H24N2O/c1-11(15)4-3-7-13-8-5-12-6-9-14(2)10-12/h12-13H,3-10H2,1-2H3. The number of ketones is 1. The van der Waals surface area contributed by atoms with Crippen LogP contribution in [-0.2, 0) is 4.79 Å². The normalized spacial score (nSPS) is 22.1. The zero-order chi connectivity index (χ0) is 11.1. The molecule has 0 saturated carbocycles. The first-order chi connectivity index (χ1) is 7.18. The Morgan fingerprint density at radius 3 is 2.87 bits per heavy atom. The van der Waals surface area contributed by atoms with Crippen LogP contribution in [0.25, 0.3) is 0 Å². The van der Waals surface area contributed by atoms with E-state index >= 15 is 0 Å². The molecule has 1 aliphatic heterocycles. The van der Waals surface area contributed by atoms with Crippen molar-refractivity contribution in [3.05, 3.63) is 0 Å². The van der Waals surface area contributed by atoms with Crippen LogP contribution < -0.4 is 5.32 Å². The molecule has 1 rings (SSSR count). The number of nitrogens with zero attached hydrogens (tertiary/aromatic N) is 1. The van der Waals surface area contributed by atoms with E-state index in [0.717, 1.165) is 31.8 Å². The lowest BCUT2D eigenvalue weighted by atomic mass is 10.1. The second-order valence-electron chi connectivity index (χ2n) is 4.76. The van der Waals surface area contributed by atoms with Crippen LogP contribution in [0.1, 0.15) is 32.6 Å². The van der Waals surface area contributed by atoms with Gasteiger partial charge in [-0.05, 0) is 58.8 Å². The van der Waals surface area contributed by atoms with E-state index < -0.39 is 0 Å². The monoisotopic (exact) mass is 212 g/mol. The van der Waals surface area contributed by atoms with Crippen LogP contribution in [0.15, 0.2) is 0 Å². The van der Waals surface area contributed by atoms with Crippen molar-refractivity contribution in [1.29, 1.82) is 0 Å². The third kappa shape index (κ3) is 5.90. The predicted octanol–water partition coefficient (Wildman–Crippen LogP) is 1.29. The molecule has 0 aliphatic carbocycles. The molecule has 1 heterocycles. The van der Waals surface area contributed by atoms with E-state index in [1.54, 1.807) is 6.92 Å². The zero-order valence-electron chi connectivity index (χ0n) is 10.1. The van der Waals surface area contributed by atoms with E-state index in [4.69, 9.17) is 0 Å². The maximum atomic E-state index is 10.7. The summed E-state index contributed by atoms with van der Waals surface area (Å²) in [5.41, 5.74) is 0. The highest BCUT2D eigenvalue weighted by molar-refractivity contribution is 5.75. The Kier molecular flexibility index (Phi) is 5.88. The SMILES string of the molecule is CC(=O)CCCNCCC1CCN(C)C1. The molecule has 15 heavy (non-hydrogen) atoms. The maximum absolute atomic E-state index is 10.7. The van der Waals surface area contributed by atoms with E-state index in [0.29, 0.717) is 5.78 Å². The largest absolute Gasteiger partial charge is 0.317 e. The van der Waals surface area contributed by atoms with Gasteiger partial charge in [0.1, 0.15) is 5.78 Å². The molecule has 88 valence electrons. The Morgan fingerprint density at radius 2 is 2.27 bits per heavy atom. The molecule has 1 atom stereocenters. The zero-order valence-corrected chi connectivity index (χ0v) is 10.1. The van der Waals surface area contributed by atoms with Gasteiger partial charge in [0.25, 0.3) is 0 Å². The smallest absolute Gasteiger partial charge is 0.129 e. The Bertz CT molecular complexity index is 194. The van der Waals surface area contributed by atoms with Gasteiger partial charge in [-0.2, -0.15) is 0 Å². The number of Topliss-reactive ketones (excluding diaryl/α,β-unsaturated/α-hetero) is 1. The molecule has 0 radical (unpaired) electrons. The molecule has 1 fully saturated rings. The minimum atomic E-state index is 0.300. The molecule has 1 saturated heterocycles. The average Bonchev–Trinajstić information content (AvgIpc) is 2.57. The molecule has 1 N–H and O–H groups in total. The lowest BCUT2D eigenvalue weighted by molar-refractivity contribution is -0.117. The van der Waals surface area contributed by atoms with Crippen molar-refractivity contribution in [3.8, 4) is 0 Å². The van der Waals surface area contributed by atoms with Gasteiger partial charge in [0.2, 0.25) is 0 Å². The van der Waals surface area contributed by atoms with Crippen molar-refractivity contribution in [1.82, 2.24) is 10.2 Å². The molecule has 3 nitrogen and oxygen atoms in total. The first-order valence-electron chi connectivity index (χ1n) is 6.07. The van der Waals surface area contributed by atoms with Crippen molar-refractivity contribution >= 4 is 5.78 Å². The minimum Gasteiger partial charge on any atom is -0.317 e. The Balaban J connectivity index is 1.87. The van der Waals surface area contributed by atoms with E-state index in [2.05, 4.69) is 17.3 Å². The van der Waals surface area contributed by atoms with Crippen molar-refractivity contribution < 1.29 is 4.79 Å². The fourth-order valence-corrected chi connectivity index (χ4v) is 2.16. The maximum Gasteiger partial charge on any atom is 0.129 e.